The molecule has 1 aliphatic heterocycles. The van der Waals surface area contributed by atoms with Crippen LogP contribution in [0.25, 0.3) is 0 Å². The van der Waals surface area contributed by atoms with Gasteiger partial charge in [0.05, 0.1) is 16.8 Å². The Hall–Kier alpha value is -2.25. The van der Waals surface area contributed by atoms with E-state index < -0.39 is 6.10 Å². The molecular weight excluding hydrogens is 338 g/mol. The number of aliphatic hydroxyl groups excluding tert-OH is 1. The second-order valence-corrected chi connectivity index (χ2v) is 7.45. The molecule has 0 aliphatic carbocycles. The van der Waals surface area contributed by atoms with E-state index in [2.05, 4.69) is 4.98 Å². The van der Waals surface area contributed by atoms with Crippen molar-refractivity contribution in [3.63, 3.8) is 0 Å². The summed E-state index contributed by atoms with van der Waals surface area (Å²) >= 11 is 1.32. The van der Waals surface area contributed by atoms with Crippen LogP contribution in [0.15, 0.2) is 30.3 Å². The Balaban J connectivity index is 1.76. The molecular formula is C18H21N3O3S. The van der Waals surface area contributed by atoms with Crippen LogP contribution >= 0.6 is 11.3 Å². The molecule has 1 N–H and O–H groups in total. The van der Waals surface area contributed by atoms with Gasteiger partial charge in [-0.1, -0.05) is 30.3 Å². The maximum Gasteiger partial charge on any atom is 0.266 e. The SMILES string of the molecule is Cc1nc(C)c(C(=O)N2CC(=O)N(Cc3ccccc3)CC(O)C2)s1. The number of carbonyl (C=O) groups is 2. The molecule has 2 aromatic rings. The Morgan fingerprint density at radius 1 is 1.28 bits per heavy atom. The third-order valence-electron chi connectivity index (χ3n) is 4.14. The lowest BCUT2D eigenvalue weighted by Gasteiger charge is -2.21. The number of thiazole rings is 1. The first kappa shape index (κ1) is 17.6. The molecule has 3 rings (SSSR count). The zero-order valence-electron chi connectivity index (χ0n) is 14.3. The Labute approximate surface area is 150 Å². The summed E-state index contributed by atoms with van der Waals surface area (Å²) in [6.45, 7) is 4.40. The van der Waals surface area contributed by atoms with Crippen LogP contribution in [0.2, 0.25) is 0 Å². The van der Waals surface area contributed by atoms with Gasteiger partial charge in [0.2, 0.25) is 5.91 Å². The maximum atomic E-state index is 12.8. The topological polar surface area (TPSA) is 73.7 Å². The van der Waals surface area contributed by atoms with Crippen LogP contribution in [0, 0.1) is 13.8 Å². The van der Waals surface area contributed by atoms with Gasteiger partial charge in [-0.25, -0.2) is 4.98 Å². The molecule has 1 atom stereocenters. The van der Waals surface area contributed by atoms with Crippen molar-refractivity contribution in [2.75, 3.05) is 19.6 Å². The average Bonchev–Trinajstić information content (AvgIpc) is 2.84. The monoisotopic (exact) mass is 359 g/mol. The molecule has 132 valence electrons. The molecule has 0 saturated carbocycles. The van der Waals surface area contributed by atoms with Crippen LogP contribution in [0.4, 0.5) is 0 Å². The number of aromatic nitrogens is 1. The zero-order chi connectivity index (χ0) is 18.0. The van der Waals surface area contributed by atoms with Gasteiger partial charge >= 0.3 is 0 Å². The molecule has 1 aliphatic rings. The van der Waals surface area contributed by atoms with Gasteiger partial charge in [0.15, 0.2) is 0 Å². The summed E-state index contributed by atoms with van der Waals surface area (Å²) in [7, 11) is 0. The van der Waals surface area contributed by atoms with Crippen LogP contribution in [0.3, 0.4) is 0 Å². The predicted octanol–water partition coefficient (Wildman–Crippen LogP) is 1.61. The Morgan fingerprint density at radius 2 is 2.00 bits per heavy atom. The number of β-amino-alcohol motifs (C(OH)–C–C–N with tert-alkyl or cyclic N) is 1. The van der Waals surface area contributed by atoms with E-state index in [0.717, 1.165) is 10.6 Å². The van der Waals surface area contributed by atoms with E-state index in [1.807, 2.05) is 37.3 Å². The summed E-state index contributed by atoms with van der Waals surface area (Å²) in [4.78, 5) is 33.2. The molecule has 1 fully saturated rings. The van der Waals surface area contributed by atoms with E-state index in [1.54, 1.807) is 11.8 Å². The lowest BCUT2D eigenvalue weighted by molar-refractivity contribution is -0.131. The summed E-state index contributed by atoms with van der Waals surface area (Å²) in [5.41, 5.74) is 1.66. The molecule has 1 aromatic carbocycles. The van der Waals surface area contributed by atoms with E-state index in [-0.39, 0.29) is 31.4 Å². The molecule has 1 aromatic heterocycles. The van der Waals surface area contributed by atoms with Gasteiger partial charge in [0.1, 0.15) is 11.4 Å². The third-order valence-corrected chi connectivity index (χ3v) is 5.20. The fraction of sp³-hybridized carbons (Fsp3) is 0.389. The summed E-state index contributed by atoms with van der Waals surface area (Å²) < 4.78 is 0. The average molecular weight is 359 g/mol. The number of aryl methyl sites for hydroxylation is 2. The molecule has 0 bridgehead atoms. The van der Waals surface area contributed by atoms with Gasteiger partial charge in [0.25, 0.3) is 5.91 Å². The standard InChI is InChI=1S/C18H21N3O3S/c1-12-17(25-13(2)19-12)18(24)21-10-15(22)9-20(16(23)11-21)8-14-6-4-3-5-7-14/h3-7,15,22H,8-11H2,1-2H3. The number of benzene rings is 1. The number of hydrogen-bond acceptors (Lipinski definition) is 5. The van der Waals surface area contributed by atoms with Crippen molar-refractivity contribution in [1.29, 1.82) is 0 Å². The third kappa shape index (κ3) is 4.05. The fourth-order valence-corrected chi connectivity index (χ4v) is 3.87. The largest absolute Gasteiger partial charge is 0.389 e. The molecule has 6 nitrogen and oxygen atoms in total. The van der Waals surface area contributed by atoms with Gasteiger partial charge in [-0.05, 0) is 19.4 Å². The number of rotatable bonds is 3. The van der Waals surface area contributed by atoms with Crippen LogP contribution in [0.5, 0.6) is 0 Å². The highest BCUT2D eigenvalue weighted by atomic mass is 32.1. The Morgan fingerprint density at radius 3 is 2.64 bits per heavy atom. The van der Waals surface area contributed by atoms with Crippen LogP contribution < -0.4 is 0 Å². The first-order chi connectivity index (χ1) is 11.9. The number of aliphatic hydroxyl groups is 1. The van der Waals surface area contributed by atoms with E-state index in [9.17, 15) is 14.7 Å². The summed E-state index contributed by atoms with van der Waals surface area (Å²) in [6.07, 6.45) is -0.770. The Kier molecular flexibility index (Phi) is 5.15. The quantitative estimate of drug-likeness (QED) is 0.903. The molecule has 0 radical (unpaired) electrons. The molecule has 0 spiro atoms. The minimum absolute atomic E-state index is 0.0287. The normalized spacial score (nSPS) is 18.4. The van der Waals surface area contributed by atoms with Crippen molar-refractivity contribution >= 4 is 23.2 Å². The summed E-state index contributed by atoms with van der Waals surface area (Å²) in [6, 6.07) is 9.63. The van der Waals surface area contributed by atoms with E-state index in [0.29, 0.717) is 17.1 Å². The predicted molar refractivity (Wildman–Crippen MR) is 95.4 cm³/mol. The van der Waals surface area contributed by atoms with Crippen molar-refractivity contribution in [3.8, 4) is 0 Å². The van der Waals surface area contributed by atoms with Gasteiger partial charge in [-0.3, -0.25) is 9.59 Å². The highest BCUT2D eigenvalue weighted by molar-refractivity contribution is 7.13. The van der Waals surface area contributed by atoms with Crippen molar-refractivity contribution in [2.24, 2.45) is 0 Å². The lowest BCUT2D eigenvalue weighted by Crippen LogP contribution is -2.39. The van der Waals surface area contributed by atoms with Gasteiger partial charge in [-0.15, -0.1) is 11.3 Å². The van der Waals surface area contributed by atoms with Crippen LogP contribution in [0.1, 0.15) is 25.9 Å². The number of nitrogens with zero attached hydrogens (tertiary/aromatic N) is 3. The zero-order valence-corrected chi connectivity index (χ0v) is 15.1. The van der Waals surface area contributed by atoms with Crippen molar-refractivity contribution in [2.45, 2.75) is 26.5 Å². The van der Waals surface area contributed by atoms with Crippen molar-refractivity contribution in [3.05, 3.63) is 51.5 Å². The van der Waals surface area contributed by atoms with Crippen LogP contribution in [-0.2, 0) is 11.3 Å². The fourth-order valence-electron chi connectivity index (χ4n) is 2.98. The number of carbonyl (C=O) groups excluding carboxylic acids is 2. The smallest absolute Gasteiger partial charge is 0.266 e. The first-order valence-electron chi connectivity index (χ1n) is 8.17. The molecule has 7 heteroatoms. The minimum atomic E-state index is -0.770. The molecule has 1 unspecified atom stereocenters. The van der Waals surface area contributed by atoms with E-state index >= 15 is 0 Å². The second kappa shape index (κ2) is 7.33. The number of amides is 2. The summed E-state index contributed by atoms with van der Waals surface area (Å²) in [5.74, 6) is -0.398. The Bertz CT molecular complexity index is 775. The van der Waals surface area contributed by atoms with E-state index in [1.165, 1.54) is 16.2 Å². The lowest BCUT2D eigenvalue weighted by atomic mass is 10.2. The second-order valence-electron chi connectivity index (χ2n) is 6.25. The molecule has 25 heavy (non-hydrogen) atoms. The van der Waals surface area contributed by atoms with E-state index in [4.69, 9.17) is 0 Å². The summed E-state index contributed by atoms with van der Waals surface area (Å²) in [5, 5.41) is 11.1. The van der Waals surface area contributed by atoms with Gasteiger partial charge in [0, 0.05) is 19.6 Å². The highest BCUT2D eigenvalue weighted by Crippen LogP contribution is 2.21. The molecule has 1 saturated heterocycles. The number of hydrogen-bond donors (Lipinski definition) is 1. The van der Waals surface area contributed by atoms with Crippen molar-refractivity contribution in [1.82, 2.24) is 14.8 Å². The van der Waals surface area contributed by atoms with Crippen molar-refractivity contribution < 1.29 is 14.7 Å². The first-order valence-corrected chi connectivity index (χ1v) is 8.98. The minimum Gasteiger partial charge on any atom is -0.389 e. The van der Waals surface area contributed by atoms with Gasteiger partial charge < -0.3 is 14.9 Å². The maximum absolute atomic E-state index is 12.8. The highest BCUT2D eigenvalue weighted by Gasteiger charge is 2.31. The van der Waals surface area contributed by atoms with Crippen LogP contribution in [-0.4, -0.2) is 57.4 Å². The van der Waals surface area contributed by atoms with Gasteiger partial charge in [-0.2, -0.15) is 0 Å². The molecule has 2 heterocycles. The molecule has 2 amide bonds.